The first-order chi connectivity index (χ1) is 6.66. The summed E-state index contributed by atoms with van der Waals surface area (Å²) in [6.45, 7) is 3.37. The van der Waals surface area contributed by atoms with E-state index in [0.29, 0.717) is 0 Å². The molecule has 83 valence electrons. The maximum absolute atomic E-state index is 9.00. The zero-order valence-corrected chi connectivity index (χ0v) is 9.46. The van der Waals surface area contributed by atoms with E-state index in [2.05, 4.69) is 13.3 Å². The highest BCUT2D eigenvalue weighted by Crippen LogP contribution is 2.26. The number of unbranched alkanes of at least 4 members (excludes halogenated alkanes) is 1. The Morgan fingerprint density at radius 2 is 1.93 bits per heavy atom. The summed E-state index contributed by atoms with van der Waals surface area (Å²) < 4.78 is 0. The molecule has 0 aromatic heterocycles. The molecule has 1 aliphatic carbocycles. The first kappa shape index (κ1) is 13.5. The number of carboxylic acids is 1. The van der Waals surface area contributed by atoms with Gasteiger partial charge < -0.3 is 5.11 Å². The Bertz CT molecular complexity index is 133. The molecule has 1 aliphatic rings. The van der Waals surface area contributed by atoms with E-state index in [-0.39, 0.29) is 0 Å². The normalized spacial score (nSPS) is 17.0. The van der Waals surface area contributed by atoms with Crippen LogP contribution in [0.2, 0.25) is 0 Å². The van der Waals surface area contributed by atoms with Gasteiger partial charge in [0.1, 0.15) is 0 Å². The van der Waals surface area contributed by atoms with Crippen molar-refractivity contribution in [1.29, 1.82) is 0 Å². The average molecular weight is 199 g/mol. The van der Waals surface area contributed by atoms with Gasteiger partial charge in [0, 0.05) is 6.92 Å². The van der Waals surface area contributed by atoms with E-state index in [1.54, 1.807) is 0 Å². The first-order valence-electron chi connectivity index (χ1n) is 5.68. The van der Waals surface area contributed by atoms with Crippen molar-refractivity contribution in [2.45, 2.75) is 58.8 Å². The van der Waals surface area contributed by atoms with E-state index in [0.717, 1.165) is 12.8 Å². The Morgan fingerprint density at radius 1 is 1.43 bits per heavy atom. The SMILES string of the molecule is CC(=O)O.CCCCC1CC[CH]CC1. The van der Waals surface area contributed by atoms with Gasteiger partial charge in [-0.2, -0.15) is 0 Å². The van der Waals surface area contributed by atoms with Crippen molar-refractivity contribution in [3.8, 4) is 0 Å². The third-order valence-electron chi connectivity index (χ3n) is 2.52. The molecular weight excluding hydrogens is 176 g/mol. The third-order valence-corrected chi connectivity index (χ3v) is 2.52. The van der Waals surface area contributed by atoms with Crippen LogP contribution in [-0.2, 0) is 4.79 Å². The van der Waals surface area contributed by atoms with Gasteiger partial charge in [-0.25, -0.2) is 0 Å². The van der Waals surface area contributed by atoms with Crippen molar-refractivity contribution in [3.05, 3.63) is 6.42 Å². The molecule has 0 heterocycles. The van der Waals surface area contributed by atoms with Crippen LogP contribution in [0.25, 0.3) is 0 Å². The van der Waals surface area contributed by atoms with Crippen molar-refractivity contribution in [2.75, 3.05) is 0 Å². The summed E-state index contributed by atoms with van der Waals surface area (Å²) in [4.78, 5) is 9.00. The summed E-state index contributed by atoms with van der Waals surface area (Å²) in [5, 5.41) is 7.42. The van der Waals surface area contributed by atoms with Crippen LogP contribution in [-0.4, -0.2) is 11.1 Å². The van der Waals surface area contributed by atoms with Crippen LogP contribution in [0.4, 0.5) is 0 Å². The molecule has 1 radical (unpaired) electrons. The molecule has 1 fully saturated rings. The zero-order valence-electron chi connectivity index (χ0n) is 9.46. The molecule has 0 amide bonds. The lowest BCUT2D eigenvalue weighted by atomic mass is 9.86. The van der Waals surface area contributed by atoms with Crippen LogP contribution in [0, 0.1) is 12.3 Å². The second kappa shape index (κ2) is 9.04. The van der Waals surface area contributed by atoms with Crippen molar-refractivity contribution >= 4 is 5.97 Å². The Labute approximate surface area is 87.7 Å². The smallest absolute Gasteiger partial charge is 0.300 e. The summed E-state index contributed by atoms with van der Waals surface area (Å²) in [7, 11) is 0. The second-order valence-corrected chi connectivity index (χ2v) is 3.97. The third kappa shape index (κ3) is 9.56. The lowest BCUT2D eigenvalue weighted by Gasteiger charge is -2.20. The molecule has 0 saturated heterocycles. The van der Waals surface area contributed by atoms with Gasteiger partial charge in [-0.15, -0.1) is 0 Å². The maximum Gasteiger partial charge on any atom is 0.300 e. The van der Waals surface area contributed by atoms with Gasteiger partial charge in [0.2, 0.25) is 0 Å². The summed E-state index contributed by atoms with van der Waals surface area (Å²) >= 11 is 0. The van der Waals surface area contributed by atoms with Gasteiger partial charge in [0.25, 0.3) is 5.97 Å². The summed E-state index contributed by atoms with van der Waals surface area (Å²) in [5.74, 6) is 0.241. The van der Waals surface area contributed by atoms with Crippen LogP contribution >= 0.6 is 0 Å². The van der Waals surface area contributed by atoms with Gasteiger partial charge in [0.15, 0.2) is 0 Å². The highest BCUT2D eigenvalue weighted by molar-refractivity contribution is 5.62. The molecule has 14 heavy (non-hydrogen) atoms. The maximum atomic E-state index is 9.00. The number of hydrogen-bond donors (Lipinski definition) is 1. The van der Waals surface area contributed by atoms with Gasteiger partial charge in [-0.1, -0.05) is 39.0 Å². The van der Waals surface area contributed by atoms with Crippen LogP contribution in [0.5, 0.6) is 0 Å². The van der Waals surface area contributed by atoms with Crippen LogP contribution in [0.1, 0.15) is 58.8 Å². The molecule has 0 spiro atoms. The van der Waals surface area contributed by atoms with E-state index in [4.69, 9.17) is 9.90 Å². The van der Waals surface area contributed by atoms with Crippen LogP contribution < -0.4 is 0 Å². The van der Waals surface area contributed by atoms with Crippen LogP contribution in [0.15, 0.2) is 0 Å². The predicted octanol–water partition coefficient (Wildman–Crippen LogP) is 3.66. The lowest BCUT2D eigenvalue weighted by molar-refractivity contribution is -0.134. The number of carboxylic acid groups (broad SMARTS) is 1. The predicted molar refractivity (Wildman–Crippen MR) is 59.1 cm³/mol. The second-order valence-electron chi connectivity index (χ2n) is 3.97. The summed E-state index contributed by atoms with van der Waals surface area (Å²) in [6, 6.07) is 0. The molecule has 0 bridgehead atoms. The summed E-state index contributed by atoms with van der Waals surface area (Å²) in [5.41, 5.74) is 0. The number of aliphatic carboxylic acids is 1. The average Bonchev–Trinajstić information content (AvgIpc) is 2.15. The largest absolute Gasteiger partial charge is 0.481 e. The minimum Gasteiger partial charge on any atom is -0.481 e. The topological polar surface area (TPSA) is 37.3 Å². The van der Waals surface area contributed by atoms with E-state index < -0.39 is 5.97 Å². The number of rotatable bonds is 3. The molecule has 0 aromatic rings. The molecule has 0 aromatic carbocycles. The van der Waals surface area contributed by atoms with E-state index in [9.17, 15) is 0 Å². The highest BCUT2D eigenvalue weighted by atomic mass is 16.4. The molecule has 0 aliphatic heterocycles. The van der Waals surface area contributed by atoms with Crippen molar-refractivity contribution in [2.24, 2.45) is 5.92 Å². The van der Waals surface area contributed by atoms with Crippen molar-refractivity contribution < 1.29 is 9.90 Å². The Balaban J connectivity index is 0.000000364. The fourth-order valence-electron chi connectivity index (χ4n) is 1.78. The Hall–Kier alpha value is -0.530. The Morgan fingerprint density at radius 3 is 2.36 bits per heavy atom. The molecule has 0 unspecified atom stereocenters. The molecule has 2 heteroatoms. The molecule has 1 saturated carbocycles. The van der Waals surface area contributed by atoms with Crippen molar-refractivity contribution in [1.82, 2.24) is 0 Å². The minimum atomic E-state index is -0.833. The molecule has 0 atom stereocenters. The van der Waals surface area contributed by atoms with Crippen molar-refractivity contribution in [3.63, 3.8) is 0 Å². The standard InChI is InChI=1S/C10H19.C2H4O2/c1-2-3-7-10-8-5-4-6-9-10;1-2(3)4/h4,10H,2-3,5-9H2,1H3;1H3,(H,3,4). The van der Waals surface area contributed by atoms with E-state index in [1.807, 2.05) is 0 Å². The molecule has 1 N–H and O–H groups in total. The number of carbonyl (C=O) groups is 1. The van der Waals surface area contributed by atoms with Gasteiger partial charge in [0.05, 0.1) is 0 Å². The molecular formula is C12H23O2. The van der Waals surface area contributed by atoms with E-state index >= 15 is 0 Å². The minimum absolute atomic E-state index is 0.833. The first-order valence-corrected chi connectivity index (χ1v) is 5.68. The monoisotopic (exact) mass is 199 g/mol. The fourth-order valence-corrected chi connectivity index (χ4v) is 1.78. The van der Waals surface area contributed by atoms with E-state index in [1.165, 1.54) is 44.9 Å². The molecule has 2 nitrogen and oxygen atoms in total. The van der Waals surface area contributed by atoms with Crippen LogP contribution in [0.3, 0.4) is 0 Å². The fraction of sp³-hybridized carbons (Fsp3) is 0.833. The van der Waals surface area contributed by atoms with Gasteiger partial charge in [-0.3, -0.25) is 4.79 Å². The Kier molecular flexibility index (Phi) is 8.70. The molecule has 1 rings (SSSR count). The van der Waals surface area contributed by atoms with Gasteiger partial charge >= 0.3 is 0 Å². The van der Waals surface area contributed by atoms with Gasteiger partial charge in [-0.05, 0) is 25.2 Å². The highest BCUT2D eigenvalue weighted by Gasteiger charge is 2.11. The lowest BCUT2D eigenvalue weighted by Crippen LogP contribution is -2.05. The zero-order chi connectivity index (χ0) is 10.8. The number of hydrogen-bond acceptors (Lipinski definition) is 1. The quantitative estimate of drug-likeness (QED) is 0.753. The summed E-state index contributed by atoms with van der Waals surface area (Å²) in [6.07, 6.45) is 12.5.